The Hall–Kier alpha value is -4.37. The molecule has 0 atom stereocenters. The maximum Gasteiger partial charge on any atom is 0.315 e. The second-order valence-corrected chi connectivity index (χ2v) is 7.98. The Morgan fingerprint density at radius 3 is 2.69 bits per heavy atom. The lowest BCUT2D eigenvalue weighted by atomic mass is 10.0. The van der Waals surface area contributed by atoms with E-state index in [1.54, 1.807) is 24.3 Å². The monoisotopic (exact) mass is 442 g/mol. The molecule has 0 saturated heterocycles. The minimum Gasteiger partial charge on any atom is -0.493 e. The number of non-ortho nitro benzene ring substituents is 1. The van der Waals surface area contributed by atoms with E-state index in [-0.39, 0.29) is 16.4 Å². The first kappa shape index (κ1) is 19.6. The third-order valence-electron chi connectivity index (χ3n) is 5.06. The molecular formula is C23H14N4O4S. The van der Waals surface area contributed by atoms with Crippen LogP contribution in [0.5, 0.6) is 5.88 Å². The van der Waals surface area contributed by atoms with Gasteiger partial charge in [-0.25, -0.2) is 4.57 Å². The number of benzene rings is 3. The van der Waals surface area contributed by atoms with Crippen LogP contribution in [-0.2, 0) is 0 Å². The number of allylic oxidation sites excluding steroid dienone is 1. The number of aromatic hydroxyl groups is 1. The fraction of sp³-hybridized carbons (Fsp3) is 0. The smallest absolute Gasteiger partial charge is 0.315 e. The molecule has 4 aromatic rings. The van der Waals surface area contributed by atoms with E-state index in [2.05, 4.69) is 10.2 Å². The van der Waals surface area contributed by atoms with Crippen LogP contribution >= 0.6 is 11.3 Å². The summed E-state index contributed by atoms with van der Waals surface area (Å²) in [5.41, 5.74) is 1.99. The van der Waals surface area contributed by atoms with Gasteiger partial charge in [0.05, 0.1) is 21.7 Å². The highest BCUT2D eigenvalue weighted by Gasteiger charge is 2.20. The van der Waals surface area contributed by atoms with Crippen molar-refractivity contribution in [3.8, 4) is 11.6 Å². The van der Waals surface area contributed by atoms with Crippen LogP contribution in [0.4, 0.5) is 5.69 Å². The van der Waals surface area contributed by atoms with Crippen molar-refractivity contribution in [2.75, 3.05) is 0 Å². The van der Waals surface area contributed by atoms with Gasteiger partial charge < -0.3 is 5.11 Å². The van der Waals surface area contributed by atoms with Crippen LogP contribution in [0.2, 0.25) is 0 Å². The van der Waals surface area contributed by atoms with Crippen LogP contribution in [0.25, 0.3) is 22.5 Å². The van der Waals surface area contributed by atoms with Gasteiger partial charge in [0, 0.05) is 28.7 Å². The van der Waals surface area contributed by atoms with Crippen molar-refractivity contribution in [2.45, 2.75) is 0 Å². The highest BCUT2D eigenvalue weighted by Crippen LogP contribution is 2.31. The maximum atomic E-state index is 12.8. The van der Waals surface area contributed by atoms with E-state index in [0.29, 0.717) is 27.4 Å². The molecule has 1 aliphatic heterocycles. The Bertz CT molecular complexity index is 1540. The summed E-state index contributed by atoms with van der Waals surface area (Å²) in [6, 6.07) is 19.2. The maximum absolute atomic E-state index is 12.8. The number of nitro benzene ring substituents is 1. The Morgan fingerprint density at radius 2 is 1.84 bits per heavy atom. The molecule has 0 spiro atoms. The van der Waals surface area contributed by atoms with Gasteiger partial charge in [-0.2, -0.15) is 5.10 Å². The molecule has 0 fully saturated rings. The number of rotatable bonds is 4. The molecular weight excluding hydrogens is 428 g/mol. The van der Waals surface area contributed by atoms with Crippen molar-refractivity contribution in [1.29, 1.82) is 0 Å². The first-order valence-corrected chi connectivity index (χ1v) is 10.4. The highest BCUT2D eigenvalue weighted by atomic mass is 32.1. The Kier molecular flexibility index (Phi) is 4.72. The van der Waals surface area contributed by atoms with Crippen LogP contribution < -0.4 is 4.87 Å². The van der Waals surface area contributed by atoms with E-state index in [1.165, 1.54) is 22.9 Å². The summed E-state index contributed by atoms with van der Waals surface area (Å²) in [5, 5.41) is 31.8. The van der Waals surface area contributed by atoms with Crippen molar-refractivity contribution < 1.29 is 10.0 Å². The number of aromatic nitrogens is 1. The minimum atomic E-state index is -0.481. The van der Waals surface area contributed by atoms with Crippen molar-refractivity contribution >= 4 is 45.8 Å². The van der Waals surface area contributed by atoms with Crippen LogP contribution in [-0.4, -0.2) is 26.5 Å². The summed E-state index contributed by atoms with van der Waals surface area (Å²) in [5.74, 6) is -0.192. The van der Waals surface area contributed by atoms with Crippen molar-refractivity contribution in [3.63, 3.8) is 0 Å². The number of nitro groups is 1. The van der Waals surface area contributed by atoms with E-state index < -0.39 is 4.92 Å². The lowest BCUT2D eigenvalue weighted by Crippen LogP contribution is -2.10. The van der Waals surface area contributed by atoms with Gasteiger partial charge in [0.2, 0.25) is 5.88 Å². The molecule has 3 aromatic carbocycles. The topological polar surface area (TPSA) is 110 Å². The first-order chi connectivity index (χ1) is 15.5. The second kappa shape index (κ2) is 7.71. The molecule has 1 aliphatic rings. The minimum absolute atomic E-state index is 0.0638. The summed E-state index contributed by atoms with van der Waals surface area (Å²) >= 11 is 0.893. The standard InChI is InChI=1S/C23H14N4O4S/c28-22-20(12-16-13-24-25-21(16)15-7-3-8-17(11-15)27(30)31)32-23(29)26(22)19-10-4-6-14-5-1-2-9-18(14)19/h1-13,28H/b16-12-. The van der Waals surface area contributed by atoms with Gasteiger partial charge in [-0.3, -0.25) is 14.9 Å². The predicted molar refractivity (Wildman–Crippen MR) is 125 cm³/mol. The van der Waals surface area contributed by atoms with Crippen molar-refractivity contribution in [1.82, 2.24) is 4.57 Å². The van der Waals surface area contributed by atoms with Gasteiger partial charge in [0.25, 0.3) is 5.69 Å². The molecule has 0 radical (unpaired) electrons. The summed E-state index contributed by atoms with van der Waals surface area (Å²) in [7, 11) is 0. The zero-order valence-electron chi connectivity index (χ0n) is 16.4. The molecule has 2 heterocycles. The Labute approximate surface area is 184 Å². The normalized spacial score (nSPS) is 14.2. The van der Waals surface area contributed by atoms with Gasteiger partial charge in [-0.05, 0) is 17.5 Å². The average Bonchev–Trinajstić information content (AvgIpc) is 3.37. The largest absolute Gasteiger partial charge is 0.493 e. The van der Waals surface area contributed by atoms with Crippen LogP contribution in [0, 0.1) is 10.1 Å². The Morgan fingerprint density at radius 1 is 1.06 bits per heavy atom. The van der Waals surface area contributed by atoms with Gasteiger partial charge in [-0.15, -0.1) is 5.10 Å². The SMILES string of the molecule is O=c1sc(/C=C2/C=NN=C2c2cccc([N+](=O)[O-])c2)c(O)n1-c1cccc2ccccc12. The zero-order valence-corrected chi connectivity index (χ0v) is 17.2. The molecule has 0 unspecified atom stereocenters. The highest BCUT2D eigenvalue weighted by molar-refractivity contribution is 7.10. The zero-order chi connectivity index (χ0) is 22.2. The molecule has 156 valence electrons. The molecule has 0 saturated carbocycles. The number of hydrogen-bond donors (Lipinski definition) is 1. The molecule has 8 nitrogen and oxygen atoms in total. The summed E-state index contributed by atoms with van der Waals surface area (Å²) in [4.78, 5) is 23.4. The quantitative estimate of drug-likeness (QED) is 0.370. The number of hydrogen-bond acceptors (Lipinski definition) is 7. The van der Waals surface area contributed by atoms with Crippen LogP contribution in [0.15, 0.2) is 87.3 Å². The third-order valence-corrected chi connectivity index (χ3v) is 5.94. The lowest BCUT2D eigenvalue weighted by Gasteiger charge is -2.08. The summed E-state index contributed by atoms with van der Waals surface area (Å²) < 4.78 is 1.27. The van der Waals surface area contributed by atoms with E-state index in [0.717, 1.165) is 22.1 Å². The van der Waals surface area contributed by atoms with E-state index in [1.807, 2.05) is 36.4 Å². The fourth-order valence-corrected chi connectivity index (χ4v) is 4.43. The first-order valence-electron chi connectivity index (χ1n) is 9.54. The third kappa shape index (κ3) is 3.30. The molecule has 0 amide bonds. The number of thiazole rings is 1. The van der Waals surface area contributed by atoms with Crippen LogP contribution in [0.3, 0.4) is 0 Å². The summed E-state index contributed by atoms with van der Waals surface area (Å²) in [6.07, 6.45) is 3.09. The molecule has 5 rings (SSSR count). The summed E-state index contributed by atoms with van der Waals surface area (Å²) in [6.45, 7) is 0. The van der Waals surface area contributed by atoms with Crippen molar-refractivity contribution in [2.24, 2.45) is 10.2 Å². The van der Waals surface area contributed by atoms with E-state index in [4.69, 9.17) is 0 Å². The number of fused-ring (bicyclic) bond motifs is 1. The van der Waals surface area contributed by atoms with E-state index in [9.17, 15) is 20.0 Å². The van der Waals surface area contributed by atoms with Crippen LogP contribution in [0.1, 0.15) is 10.4 Å². The molecule has 0 bridgehead atoms. The van der Waals surface area contributed by atoms with Gasteiger partial charge in [0.1, 0.15) is 5.71 Å². The lowest BCUT2D eigenvalue weighted by molar-refractivity contribution is -0.384. The molecule has 32 heavy (non-hydrogen) atoms. The molecule has 1 N–H and O–H groups in total. The van der Waals surface area contributed by atoms with Gasteiger partial charge in [-0.1, -0.05) is 59.9 Å². The van der Waals surface area contributed by atoms with Gasteiger partial charge >= 0.3 is 4.87 Å². The average molecular weight is 442 g/mol. The molecule has 9 heteroatoms. The number of nitrogens with zero attached hydrogens (tertiary/aromatic N) is 4. The molecule has 0 aliphatic carbocycles. The Balaban J connectivity index is 1.59. The second-order valence-electron chi connectivity index (χ2n) is 6.99. The molecule has 1 aromatic heterocycles. The fourth-order valence-electron chi connectivity index (χ4n) is 3.60. The van der Waals surface area contributed by atoms with E-state index >= 15 is 0 Å². The predicted octanol–water partition coefficient (Wildman–Crippen LogP) is 4.54. The van der Waals surface area contributed by atoms with Gasteiger partial charge in [0.15, 0.2) is 0 Å². The van der Waals surface area contributed by atoms with Crippen molar-refractivity contribution in [3.05, 3.63) is 103 Å².